The average Bonchev–Trinajstić information content (AvgIpc) is 2.89. The summed E-state index contributed by atoms with van der Waals surface area (Å²) >= 11 is 0. The van der Waals surface area contributed by atoms with Gasteiger partial charge >= 0.3 is 5.97 Å². The van der Waals surface area contributed by atoms with E-state index in [2.05, 4.69) is 84.7 Å². The van der Waals surface area contributed by atoms with Gasteiger partial charge in [-0.2, -0.15) is 0 Å². The number of rotatable bonds is 4. The lowest BCUT2D eigenvalue weighted by atomic mass is 9.78. The minimum absolute atomic E-state index is 0.0472. The number of aromatic amines is 1. The van der Waals surface area contributed by atoms with Crippen LogP contribution in [-0.2, 0) is 32.3 Å². The Labute approximate surface area is 180 Å². The van der Waals surface area contributed by atoms with Crippen LogP contribution in [-0.4, -0.2) is 28.0 Å². The predicted octanol–water partition coefficient (Wildman–Crippen LogP) is 5.19. The molecule has 0 bridgehead atoms. The van der Waals surface area contributed by atoms with Crippen molar-refractivity contribution in [2.75, 3.05) is 0 Å². The number of H-pyrrole nitrogens is 1. The summed E-state index contributed by atoms with van der Waals surface area (Å²) in [6, 6.07) is 3.49. The van der Waals surface area contributed by atoms with Gasteiger partial charge in [-0.1, -0.05) is 68.4 Å². The number of hydrogen-bond donors (Lipinski definition) is 3. The van der Waals surface area contributed by atoms with Gasteiger partial charge < -0.3 is 15.4 Å². The molecule has 30 heavy (non-hydrogen) atoms. The van der Waals surface area contributed by atoms with Crippen molar-refractivity contribution < 1.29 is 14.7 Å². The summed E-state index contributed by atoms with van der Waals surface area (Å²) in [6.07, 6.45) is 0.235. The molecule has 0 unspecified atom stereocenters. The number of carboxylic acids is 1. The summed E-state index contributed by atoms with van der Waals surface area (Å²) in [5.41, 5.74) is 5.14. The van der Waals surface area contributed by atoms with Gasteiger partial charge in [-0.15, -0.1) is 0 Å². The highest BCUT2D eigenvalue weighted by molar-refractivity contribution is 5.91. The Balaban J connectivity index is 2.90. The molecule has 1 atom stereocenters. The molecular weight excluding hydrogens is 376 g/mol. The molecule has 166 valence electrons. The molecule has 0 aliphatic rings. The van der Waals surface area contributed by atoms with Crippen LogP contribution in [0.2, 0.25) is 0 Å². The fraction of sp³-hybridized carbons (Fsp3) is 0.600. The van der Waals surface area contributed by atoms with E-state index < -0.39 is 12.0 Å². The van der Waals surface area contributed by atoms with Crippen molar-refractivity contribution in [3.8, 4) is 0 Å². The number of nitrogens with one attached hydrogen (secondary N) is 2. The summed E-state index contributed by atoms with van der Waals surface area (Å²) in [5, 5.41) is 13.4. The summed E-state index contributed by atoms with van der Waals surface area (Å²) in [7, 11) is 0. The molecule has 0 saturated carbocycles. The highest BCUT2D eigenvalue weighted by atomic mass is 16.4. The molecule has 0 aliphatic carbocycles. The second kappa shape index (κ2) is 7.75. The molecule has 0 radical (unpaired) electrons. The number of aliphatic carboxylic acids is 1. The van der Waals surface area contributed by atoms with Gasteiger partial charge in [0.15, 0.2) is 0 Å². The van der Waals surface area contributed by atoms with E-state index in [9.17, 15) is 14.7 Å². The zero-order valence-corrected chi connectivity index (χ0v) is 20.2. The third-order valence-electron chi connectivity index (χ3n) is 5.52. The van der Waals surface area contributed by atoms with Crippen molar-refractivity contribution in [2.45, 2.75) is 97.9 Å². The molecule has 5 nitrogen and oxygen atoms in total. The minimum Gasteiger partial charge on any atom is -0.480 e. The van der Waals surface area contributed by atoms with E-state index in [-0.39, 0.29) is 28.6 Å². The van der Waals surface area contributed by atoms with Crippen molar-refractivity contribution in [2.24, 2.45) is 0 Å². The summed E-state index contributed by atoms with van der Waals surface area (Å²) in [6.45, 7) is 20.9. The van der Waals surface area contributed by atoms with Crippen LogP contribution in [0.4, 0.5) is 0 Å². The van der Waals surface area contributed by atoms with Crippen LogP contribution in [0, 0.1) is 0 Å². The normalized spacial score (nSPS) is 14.1. The highest BCUT2D eigenvalue weighted by Crippen LogP contribution is 2.40. The lowest BCUT2D eigenvalue weighted by molar-refractivity contribution is -0.141. The van der Waals surface area contributed by atoms with Crippen molar-refractivity contribution in [1.82, 2.24) is 10.3 Å². The van der Waals surface area contributed by atoms with Crippen LogP contribution in [0.3, 0.4) is 0 Å². The number of carbonyl (C=O) groups excluding carboxylic acids is 1. The monoisotopic (exact) mass is 414 g/mol. The molecule has 0 saturated heterocycles. The molecule has 2 rings (SSSR count). The maximum atomic E-state index is 11.9. The van der Waals surface area contributed by atoms with Gasteiger partial charge in [0.05, 0.1) is 0 Å². The standard InChI is InChI=1S/C25H38N2O3/c1-14(28)26-19(22(29)30)13-17-16-11-15(23(2,3)4)12-18(24(5,6)7)20(16)27-21(17)25(8,9)10/h11-12,19,27H,13H2,1-10H3,(H,26,28)(H,29,30)/t19-/m0/s1. The van der Waals surface area contributed by atoms with Crippen LogP contribution < -0.4 is 5.32 Å². The predicted molar refractivity (Wildman–Crippen MR) is 123 cm³/mol. The number of aromatic nitrogens is 1. The summed E-state index contributed by atoms with van der Waals surface area (Å²) < 4.78 is 0. The maximum Gasteiger partial charge on any atom is 0.326 e. The summed E-state index contributed by atoms with van der Waals surface area (Å²) in [4.78, 5) is 27.2. The molecule has 1 amide bonds. The third-order valence-corrected chi connectivity index (χ3v) is 5.52. The Morgan fingerprint density at radius 1 is 0.967 bits per heavy atom. The van der Waals surface area contributed by atoms with E-state index in [0.717, 1.165) is 22.2 Å². The molecule has 0 aliphatic heterocycles. The van der Waals surface area contributed by atoms with E-state index in [0.29, 0.717) is 0 Å². The van der Waals surface area contributed by atoms with E-state index >= 15 is 0 Å². The number of carbonyl (C=O) groups is 2. The lowest BCUT2D eigenvalue weighted by Crippen LogP contribution is -2.41. The van der Waals surface area contributed by atoms with Crippen LogP contribution in [0.5, 0.6) is 0 Å². The van der Waals surface area contributed by atoms with E-state index in [4.69, 9.17) is 0 Å². The fourth-order valence-corrected chi connectivity index (χ4v) is 3.88. The first-order valence-corrected chi connectivity index (χ1v) is 10.6. The van der Waals surface area contributed by atoms with Gasteiger partial charge in [-0.3, -0.25) is 4.79 Å². The Kier molecular flexibility index (Phi) is 6.19. The van der Waals surface area contributed by atoms with E-state index in [1.54, 1.807) is 0 Å². The molecule has 5 heteroatoms. The van der Waals surface area contributed by atoms with Gasteiger partial charge in [0, 0.05) is 35.4 Å². The second-order valence-corrected chi connectivity index (χ2v) is 11.5. The van der Waals surface area contributed by atoms with Gasteiger partial charge in [0.2, 0.25) is 5.91 Å². The van der Waals surface area contributed by atoms with Crippen molar-refractivity contribution in [1.29, 1.82) is 0 Å². The first-order chi connectivity index (χ1) is 13.4. The Hall–Kier alpha value is -2.30. The lowest BCUT2D eigenvalue weighted by Gasteiger charge is -2.26. The average molecular weight is 415 g/mol. The molecule has 3 N–H and O–H groups in total. The smallest absolute Gasteiger partial charge is 0.326 e. The van der Waals surface area contributed by atoms with Crippen LogP contribution in [0.25, 0.3) is 10.9 Å². The van der Waals surface area contributed by atoms with Crippen molar-refractivity contribution in [3.63, 3.8) is 0 Å². The zero-order valence-electron chi connectivity index (χ0n) is 20.2. The number of carboxylic acid groups (broad SMARTS) is 1. The molecule has 1 aromatic carbocycles. The highest BCUT2D eigenvalue weighted by Gasteiger charge is 2.31. The van der Waals surface area contributed by atoms with Gasteiger partial charge in [0.25, 0.3) is 0 Å². The molecule has 0 fully saturated rings. The van der Waals surface area contributed by atoms with Crippen LogP contribution in [0.1, 0.15) is 91.6 Å². The minimum atomic E-state index is -1.03. The largest absolute Gasteiger partial charge is 0.480 e. The van der Waals surface area contributed by atoms with E-state index in [1.165, 1.54) is 18.1 Å². The fourth-order valence-electron chi connectivity index (χ4n) is 3.88. The SMILES string of the molecule is CC(=O)N[C@@H](Cc1c(C(C)(C)C)[nH]c2c(C(C)(C)C)cc(C(C)(C)C)cc12)C(=O)O. The van der Waals surface area contributed by atoms with Gasteiger partial charge in [-0.25, -0.2) is 4.79 Å². The van der Waals surface area contributed by atoms with Gasteiger partial charge in [0.1, 0.15) is 6.04 Å². The first-order valence-electron chi connectivity index (χ1n) is 10.6. The van der Waals surface area contributed by atoms with Crippen LogP contribution in [0.15, 0.2) is 12.1 Å². The molecule has 1 heterocycles. The molecule has 1 aromatic heterocycles. The molecule has 2 aromatic rings. The van der Waals surface area contributed by atoms with Gasteiger partial charge in [-0.05, 0) is 33.6 Å². The Morgan fingerprint density at radius 3 is 1.93 bits per heavy atom. The topological polar surface area (TPSA) is 82.2 Å². The molecular formula is C25H38N2O3. The summed E-state index contributed by atoms with van der Waals surface area (Å²) in [5.74, 6) is -1.37. The maximum absolute atomic E-state index is 11.9. The van der Waals surface area contributed by atoms with Crippen molar-refractivity contribution in [3.05, 3.63) is 34.5 Å². The first kappa shape index (κ1) is 24.0. The zero-order chi connectivity index (χ0) is 23.2. The third kappa shape index (κ3) is 5.05. The van der Waals surface area contributed by atoms with Crippen LogP contribution >= 0.6 is 0 Å². The number of amides is 1. The van der Waals surface area contributed by atoms with E-state index in [1.807, 2.05) is 0 Å². The van der Waals surface area contributed by atoms with Crippen molar-refractivity contribution >= 4 is 22.8 Å². The second-order valence-electron chi connectivity index (χ2n) is 11.5. The Morgan fingerprint density at radius 2 is 1.53 bits per heavy atom. The quantitative estimate of drug-likeness (QED) is 0.644. The Bertz CT molecular complexity index is 963. The molecule has 0 spiro atoms. The number of benzene rings is 1. The number of hydrogen-bond acceptors (Lipinski definition) is 2. The number of fused-ring (bicyclic) bond motifs is 1.